The predicted octanol–water partition coefficient (Wildman–Crippen LogP) is 1.85. The first-order valence-corrected chi connectivity index (χ1v) is 10.6. The molecule has 4 rings (SSSR count). The summed E-state index contributed by atoms with van der Waals surface area (Å²) in [6.45, 7) is 7.17. The van der Waals surface area contributed by atoms with Gasteiger partial charge in [0, 0.05) is 58.5 Å². The van der Waals surface area contributed by atoms with E-state index in [0.29, 0.717) is 11.9 Å². The van der Waals surface area contributed by atoms with E-state index in [2.05, 4.69) is 26.8 Å². The van der Waals surface area contributed by atoms with Gasteiger partial charge in [0.2, 0.25) is 5.91 Å². The molecular formula is C22H30N4O2. The summed E-state index contributed by atoms with van der Waals surface area (Å²) in [7, 11) is 0. The normalized spacial score (nSPS) is 25.6. The average Bonchev–Trinajstić information content (AvgIpc) is 2.75. The summed E-state index contributed by atoms with van der Waals surface area (Å²) in [6, 6.07) is 10.5. The van der Waals surface area contributed by atoms with E-state index < -0.39 is 0 Å². The standard InChI is InChI=1S/C22H30N4O2/c23-16-18-3-1-4-19(15-18)17-24-9-11-25(12-10-24)21-5-2-8-26(22(21)27)20-6-13-28-14-7-20/h1,3-4,15,20-21H,2,5-14,17H2/t21-/m1/s1. The van der Waals surface area contributed by atoms with Crippen LogP contribution in [0.5, 0.6) is 0 Å². The van der Waals surface area contributed by atoms with Gasteiger partial charge in [-0.15, -0.1) is 0 Å². The first-order valence-electron chi connectivity index (χ1n) is 10.6. The largest absolute Gasteiger partial charge is 0.381 e. The van der Waals surface area contributed by atoms with Crippen LogP contribution in [0.3, 0.4) is 0 Å². The highest BCUT2D eigenvalue weighted by molar-refractivity contribution is 5.83. The maximum Gasteiger partial charge on any atom is 0.240 e. The molecule has 0 aliphatic carbocycles. The van der Waals surface area contributed by atoms with Gasteiger partial charge in [0.05, 0.1) is 17.7 Å². The highest BCUT2D eigenvalue weighted by Crippen LogP contribution is 2.24. The zero-order chi connectivity index (χ0) is 19.3. The van der Waals surface area contributed by atoms with Crippen molar-refractivity contribution in [3.8, 4) is 6.07 Å². The van der Waals surface area contributed by atoms with E-state index in [9.17, 15) is 4.79 Å². The van der Waals surface area contributed by atoms with Crippen molar-refractivity contribution in [2.75, 3.05) is 45.9 Å². The molecule has 6 nitrogen and oxygen atoms in total. The lowest BCUT2D eigenvalue weighted by Gasteiger charge is -2.45. The molecule has 28 heavy (non-hydrogen) atoms. The van der Waals surface area contributed by atoms with E-state index in [1.54, 1.807) is 0 Å². The van der Waals surface area contributed by atoms with Crippen molar-refractivity contribution in [3.05, 3.63) is 35.4 Å². The maximum atomic E-state index is 13.2. The Morgan fingerprint density at radius 3 is 2.61 bits per heavy atom. The van der Waals surface area contributed by atoms with Gasteiger partial charge < -0.3 is 9.64 Å². The van der Waals surface area contributed by atoms with Gasteiger partial charge in [0.25, 0.3) is 0 Å². The molecule has 0 saturated carbocycles. The summed E-state index contributed by atoms with van der Waals surface area (Å²) in [5.74, 6) is 0.341. The number of nitriles is 1. The first-order chi connectivity index (χ1) is 13.7. The smallest absolute Gasteiger partial charge is 0.240 e. The fraction of sp³-hybridized carbons (Fsp3) is 0.636. The molecule has 150 valence electrons. The summed E-state index contributed by atoms with van der Waals surface area (Å²) in [5.41, 5.74) is 1.91. The molecule has 0 bridgehead atoms. The number of amides is 1. The Labute approximate surface area is 167 Å². The first kappa shape index (κ1) is 19.4. The summed E-state index contributed by atoms with van der Waals surface area (Å²) in [6.07, 6.45) is 4.06. The molecular weight excluding hydrogens is 352 g/mol. The lowest BCUT2D eigenvalue weighted by atomic mass is 9.97. The van der Waals surface area contributed by atoms with Crippen LogP contribution in [0.4, 0.5) is 0 Å². The molecule has 1 atom stereocenters. The topological polar surface area (TPSA) is 59.8 Å². The summed E-state index contributed by atoms with van der Waals surface area (Å²) >= 11 is 0. The fourth-order valence-electron chi connectivity index (χ4n) is 4.81. The number of nitrogens with zero attached hydrogens (tertiary/aromatic N) is 4. The quantitative estimate of drug-likeness (QED) is 0.795. The molecule has 0 radical (unpaired) electrons. The Balaban J connectivity index is 1.31. The van der Waals surface area contributed by atoms with Crippen LogP contribution in [0.2, 0.25) is 0 Å². The fourth-order valence-corrected chi connectivity index (χ4v) is 4.81. The van der Waals surface area contributed by atoms with Crippen LogP contribution in [0.25, 0.3) is 0 Å². The van der Waals surface area contributed by atoms with Crippen LogP contribution in [0, 0.1) is 11.3 Å². The van der Waals surface area contributed by atoms with E-state index in [1.807, 2.05) is 18.2 Å². The van der Waals surface area contributed by atoms with Gasteiger partial charge in [-0.25, -0.2) is 0 Å². The van der Waals surface area contributed by atoms with Crippen LogP contribution < -0.4 is 0 Å². The summed E-state index contributed by atoms with van der Waals surface area (Å²) < 4.78 is 5.47. The molecule has 3 fully saturated rings. The van der Waals surface area contributed by atoms with Crippen molar-refractivity contribution in [1.82, 2.24) is 14.7 Å². The Kier molecular flexibility index (Phi) is 6.26. The molecule has 1 aromatic carbocycles. The average molecular weight is 383 g/mol. The van der Waals surface area contributed by atoms with Crippen molar-refractivity contribution in [3.63, 3.8) is 0 Å². The number of likely N-dealkylation sites (tertiary alicyclic amines) is 1. The van der Waals surface area contributed by atoms with Crippen LogP contribution >= 0.6 is 0 Å². The lowest BCUT2D eigenvalue weighted by molar-refractivity contribution is -0.145. The second-order valence-electron chi connectivity index (χ2n) is 8.16. The molecule has 3 aliphatic rings. The Bertz CT molecular complexity index is 717. The number of hydrogen-bond acceptors (Lipinski definition) is 5. The van der Waals surface area contributed by atoms with E-state index in [0.717, 1.165) is 83.7 Å². The number of rotatable bonds is 4. The van der Waals surface area contributed by atoms with Crippen LogP contribution in [-0.2, 0) is 16.1 Å². The third-order valence-corrected chi connectivity index (χ3v) is 6.39. The van der Waals surface area contributed by atoms with Gasteiger partial charge in [-0.2, -0.15) is 5.26 Å². The molecule has 0 unspecified atom stereocenters. The highest BCUT2D eigenvalue weighted by atomic mass is 16.5. The Morgan fingerprint density at radius 2 is 1.86 bits per heavy atom. The monoisotopic (exact) mass is 382 g/mol. The van der Waals surface area contributed by atoms with Gasteiger partial charge in [0.15, 0.2) is 0 Å². The third-order valence-electron chi connectivity index (χ3n) is 6.39. The molecule has 1 aromatic rings. The Hall–Kier alpha value is -1.94. The molecule has 3 saturated heterocycles. The molecule has 0 aromatic heterocycles. The van der Waals surface area contributed by atoms with Gasteiger partial charge in [0.1, 0.15) is 0 Å². The molecule has 3 aliphatic heterocycles. The van der Waals surface area contributed by atoms with Crippen molar-refractivity contribution in [2.45, 2.75) is 44.3 Å². The molecule has 3 heterocycles. The zero-order valence-electron chi connectivity index (χ0n) is 16.6. The van der Waals surface area contributed by atoms with E-state index in [-0.39, 0.29) is 6.04 Å². The number of piperazine rings is 1. The van der Waals surface area contributed by atoms with Crippen molar-refractivity contribution in [2.24, 2.45) is 0 Å². The van der Waals surface area contributed by atoms with Crippen molar-refractivity contribution < 1.29 is 9.53 Å². The minimum atomic E-state index is 0.0562. The van der Waals surface area contributed by atoms with Gasteiger partial charge in [-0.05, 0) is 43.4 Å². The van der Waals surface area contributed by atoms with E-state index in [4.69, 9.17) is 10.00 Å². The second-order valence-corrected chi connectivity index (χ2v) is 8.16. The number of benzene rings is 1. The predicted molar refractivity (Wildman–Crippen MR) is 107 cm³/mol. The number of hydrogen-bond donors (Lipinski definition) is 0. The summed E-state index contributed by atoms with van der Waals surface area (Å²) in [4.78, 5) is 20.1. The molecule has 0 spiro atoms. The summed E-state index contributed by atoms with van der Waals surface area (Å²) in [5, 5.41) is 9.07. The van der Waals surface area contributed by atoms with Crippen LogP contribution in [-0.4, -0.2) is 78.6 Å². The van der Waals surface area contributed by atoms with E-state index in [1.165, 1.54) is 5.56 Å². The van der Waals surface area contributed by atoms with Gasteiger partial charge in [-0.1, -0.05) is 12.1 Å². The highest BCUT2D eigenvalue weighted by Gasteiger charge is 2.37. The van der Waals surface area contributed by atoms with Crippen LogP contribution in [0.15, 0.2) is 24.3 Å². The number of piperidine rings is 1. The lowest BCUT2D eigenvalue weighted by Crippen LogP contribution is -2.59. The number of ether oxygens (including phenoxy) is 1. The maximum absolute atomic E-state index is 13.2. The third kappa shape index (κ3) is 4.38. The zero-order valence-corrected chi connectivity index (χ0v) is 16.6. The van der Waals surface area contributed by atoms with Gasteiger partial charge in [-0.3, -0.25) is 14.6 Å². The molecule has 6 heteroatoms. The second kappa shape index (κ2) is 9.04. The SMILES string of the molecule is N#Cc1cccc(CN2CCN([C@@H]3CCCN(C4CCOCC4)C3=O)CC2)c1. The van der Waals surface area contributed by atoms with Crippen molar-refractivity contribution >= 4 is 5.91 Å². The minimum Gasteiger partial charge on any atom is -0.381 e. The molecule has 0 N–H and O–H groups in total. The van der Waals surface area contributed by atoms with Gasteiger partial charge >= 0.3 is 0 Å². The minimum absolute atomic E-state index is 0.0562. The Morgan fingerprint density at radius 1 is 1.07 bits per heavy atom. The number of carbonyl (C=O) groups excluding carboxylic acids is 1. The van der Waals surface area contributed by atoms with Crippen molar-refractivity contribution in [1.29, 1.82) is 5.26 Å². The van der Waals surface area contributed by atoms with E-state index >= 15 is 0 Å². The molecule has 1 amide bonds. The number of carbonyl (C=O) groups is 1. The van der Waals surface area contributed by atoms with Crippen LogP contribution in [0.1, 0.15) is 36.8 Å².